The minimum Gasteiger partial charge on any atom is -0.399 e. The van der Waals surface area contributed by atoms with Crippen LogP contribution in [0, 0.1) is 5.92 Å². The third-order valence-electron chi connectivity index (χ3n) is 4.06. The first kappa shape index (κ1) is 12.3. The first-order chi connectivity index (χ1) is 9.22. The molecule has 4 nitrogen and oxygen atoms in total. The third-order valence-corrected chi connectivity index (χ3v) is 4.06. The lowest BCUT2D eigenvalue weighted by Crippen LogP contribution is -2.62. The van der Waals surface area contributed by atoms with Crippen molar-refractivity contribution in [3.05, 3.63) is 59.9 Å². The summed E-state index contributed by atoms with van der Waals surface area (Å²) in [7, 11) is 0. The molecule has 4 heteroatoms. The molecule has 1 unspecified atom stereocenters. The maximum absolute atomic E-state index is 6.50. The van der Waals surface area contributed by atoms with Crippen LogP contribution in [0.5, 0.6) is 0 Å². The summed E-state index contributed by atoms with van der Waals surface area (Å²) in [4.78, 5) is 0. The van der Waals surface area contributed by atoms with Gasteiger partial charge in [0.15, 0.2) is 0 Å². The van der Waals surface area contributed by atoms with Crippen LogP contribution in [-0.4, -0.2) is 18.9 Å². The van der Waals surface area contributed by atoms with Crippen LogP contribution in [0.3, 0.4) is 0 Å². The largest absolute Gasteiger partial charge is 0.399 e. The van der Waals surface area contributed by atoms with Crippen molar-refractivity contribution in [2.24, 2.45) is 17.4 Å². The maximum Gasteiger partial charge on any atom is 0.132 e. The molecule has 3 atom stereocenters. The van der Waals surface area contributed by atoms with Crippen LogP contribution in [0.1, 0.15) is 11.5 Å². The second-order valence-electron chi connectivity index (χ2n) is 5.16. The van der Waals surface area contributed by atoms with Crippen molar-refractivity contribution in [1.29, 1.82) is 0 Å². The maximum atomic E-state index is 6.50. The number of hydrogen-bond acceptors (Lipinski definition) is 4. The highest BCUT2D eigenvalue weighted by molar-refractivity contribution is 5.31. The molecule has 2 aliphatic rings. The molecule has 2 aliphatic heterocycles. The lowest BCUT2D eigenvalue weighted by atomic mass is 9.78. The van der Waals surface area contributed by atoms with Gasteiger partial charge in [-0.3, -0.25) is 0 Å². The van der Waals surface area contributed by atoms with E-state index in [0.717, 1.165) is 0 Å². The molecular weight excluding hydrogens is 238 g/mol. The summed E-state index contributed by atoms with van der Waals surface area (Å²) < 4.78 is 5.66. The first-order valence-corrected chi connectivity index (χ1v) is 6.54. The van der Waals surface area contributed by atoms with Crippen LogP contribution < -0.4 is 16.8 Å². The number of rotatable bonds is 2. The van der Waals surface area contributed by atoms with E-state index in [4.69, 9.17) is 16.2 Å². The van der Waals surface area contributed by atoms with Crippen molar-refractivity contribution in [1.82, 2.24) is 5.32 Å². The number of allylic oxidation sites excluding steroid dienone is 2. The van der Waals surface area contributed by atoms with Gasteiger partial charge in [0.1, 0.15) is 5.66 Å². The van der Waals surface area contributed by atoms with Crippen molar-refractivity contribution in [2.75, 3.05) is 13.2 Å². The molecule has 2 heterocycles. The first-order valence-electron chi connectivity index (χ1n) is 6.54. The Morgan fingerprint density at radius 2 is 2.00 bits per heavy atom. The number of ether oxygens (including phenoxy) is 1. The molecule has 0 bridgehead atoms. The van der Waals surface area contributed by atoms with Crippen LogP contribution >= 0.6 is 0 Å². The predicted octanol–water partition coefficient (Wildman–Crippen LogP) is 1.03. The molecule has 1 saturated heterocycles. The fraction of sp³-hybridized carbons (Fsp3) is 0.333. The fourth-order valence-electron chi connectivity index (χ4n) is 2.91. The molecule has 0 aromatic heterocycles. The molecule has 5 N–H and O–H groups in total. The van der Waals surface area contributed by atoms with E-state index in [2.05, 4.69) is 17.4 Å². The van der Waals surface area contributed by atoms with Gasteiger partial charge in [0.2, 0.25) is 0 Å². The summed E-state index contributed by atoms with van der Waals surface area (Å²) in [5, 5.41) is 3.21. The Morgan fingerprint density at radius 1 is 1.21 bits per heavy atom. The van der Waals surface area contributed by atoms with E-state index < -0.39 is 5.66 Å². The minimum absolute atomic E-state index is 0.121. The summed E-state index contributed by atoms with van der Waals surface area (Å²) >= 11 is 0. The molecule has 0 amide bonds. The number of dihydropyridines is 1. The van der Waals surface area contributed by atoms with E-state index in [-0.39, 0.29) is 11.8 Å². The van der Waals surface area contributed by atoms with Crippen LogP contribution in [0.25, 0.3) is 0 Å². The molecule has 100 valence electrons. The number of nitrogens with two attached hydrogens (primary N) is 2. The molecule has 1 fully saturated rings. The topological polar surface area (TPSA) is 73.3 Å². The summed E-state index contributed by atoms with van der Waals surface area (Å²) in [6.45, 7) is 1.30. The summed E-state index contributed by atoms with van der Waals surface area (Å²) in [5.74, 6) is 0.383. The molecular formula is C15H19N3O. The van der Waals surface area contributed by atoms with E-state index in [1.165, 1.54) is 5.56 Å². The quantitative estimate of drug-likeness (QED) is 0.740. The Hall–Kier alpha value is -1.78. The van der Waals surface area contributed by atoms with Crippen LogP contribution in [-0.2, 0) is 4.74 Å². The van der Waals surface area contributed by atoms with Crippen LogP contribution in [0.4, 0.5) is 0 Å². The van der Waals surface area contributed by atoms with E-state index in [9.17, 15) is 0 Å². The highest BCUT2D eigenvalue weighted by atomic mass is 16.5. The number of benzene rings is 1. The highest BCUT2D eigenvalue weighted by Gasteiger charge is 2.45. The van der Waals surface area contributed by atoms with Gasteiger partial charge in [0.25, 0.3) is 0 Å². The number of nitrogens with one attached hydrogen (secondary N) is 1. The van der Waals surface area contributed by atoms with Crippen molar-refractivity contribution in [2.45, 2.75) is 11.6 Å². The highest BCUT2D eigenvalue weighted by Crippen LogP contribution is 2.38. The zero-order valence-corrected chi connectivity index (χ0v) is 10.8. The second-order valence-corrected chi connectivity index (χ2v) is 5.16. The zero-order valence-electron chi connectivity index (χ0n) is 10.8. The van der Waals surface area contributed by atoms with Crippen molar-refractivity contribution >= 4 is 0 Å². The van der Waals surface area contributed by atoms with E-state index in [1.807, 2.05) is 36.6 Å². The van der Waals surface area contributed by atoms with Gasteiger partial charge in [-0.15, -0.1) is 0 Å². The molecule has 0 radical (unpaired) electrons. The average molecular weight is 257 g/mol. The molecule has 0 spiro atoms. The van der Waals surface area contributed by atoms with Crippen molar-refractivity contribution < 1.29 is 4.74 Å². The number of hydrogen-bond donors (Lipinski definition) is 3. The minimum atomic E-state index is -0.730. The Bertz CT molecular complexity index is 511. The Morgan fingerprint density at radius 3 is 2.74 bits per heavy atom. The standard InChI is InChI=1S/C15H19N3O/c16-14-7-4-8-18-15(14,17)13-10-19-9-12(13)11-5-2-1-3-6-11/h1-8,12-13,18H,9-10,16-17H2/t12-,13+,15?/m1/s1. The van der Waals surface area contributed by atoms with Gasteiger partial charge in [-0.2, -0.15) is 0 Å². The predicted molar refractivity (Wildman–Crippen MR) is 75.0 cm³/mol. The Balaban J connectivity index is 1.92. The molecule has 19 heavy (non-hydrogen) atoms. The normalized spacial score (nSPS) is 33.8. The fourth-order valence-corrected chi connectivity index (χ4v) is 2.91. The van der Waals surface area contributed by atoms with Gasteiger partial charge >= 0.3 is 0 Å². The summed E-state index contributed by atoms with van der Waals surface area (Å²) in [5.41, 5.74) is 13.8. The lowest BCUT2D eigenvalue weighted by molar-refractivity contribution is 0.164. The SMILES string of the molecule is NC1=CC=CNC1(N)[C@H]1COC[C@@H]1c1ccccc1. The van der Waals surface area contributed by atoms with Crippen molar-refractivity contribution in [3.8, 4) is 0 Å². The van der Waals surface area contributed by atoms with Gasteiger partial charge in [0, 0.05) is 17.5 Å². The lowest BCUT2D eigenvalue weighted by Gasteiger charge is -2.39. The van der Waals surface area contributed by atoms with Gasteiger partial charge in [-0.05, 0) is 23.9 Å². The third kappa shape index (κ3) is 2.03. The second kappa shape index (κ2) is 4.72. The summed E-state index contributed by atoms with van der Waals surface area (Å²) in [6, 6.07) is 10.3. The van der Waals surface area contributed by atoms with Crippen LogP contribution in [0.2, 0.25) is 0 Å². The summed E-state index contributed by atoms with van der Waals surface area (Å²) in [6.07, 6.45) is 5.57. The van der Waals surface area contributed by atoms with Gasteiger partial charge in [0.05, 0.1) is 13.2 Å². The average Bonchev–Trinajstić information content (AvgIpc) is 2.93. The smallest absolute Gasteiger partial charge is 0.132 e. The Labute approximate surface area is 113 Å². The van der Waals surface area contributed by atoms with Gasteiger partial charge in [-0.25, -0.2) is 0 Å². The Kier molecular flexibility index (Phi) is 3.05. The van der Waals surface area contributed by atoms with E-state index in [0.29, 0.717) is 18.9 Å². The van der Waals surface area contributed by atoms with Crippen molar-refractivity contribution in [3.63, 3.8) is 0 Å². The molecule has 0 aliphatic carbocycles. The molecule has 0 saturated carbocycles. The zero-order chi connectivity index (χ0) is 13.3. The van der Waals surface area contributed by atoms with E-state index in [1.54, 1.807) is 0 Å². The van der Waals surface area contributed by atoms with Gasteiger partial charge < -0.3 is 21.5 Å². The molecule has 3 rings (SSSR count). The van der Waals surface area contributed by atoms with E-state index >= 15 is 0 Å². The molecule has 1 aromatic carbocycles. The van der Waals surface area contributed by atoms with Crippen LogP contribution in [0.15, 0.2) is 54.4 Å². The van der Waals surface area contributed by atoms with Gasteiger partial charge in [-0.1, -0.05) is 30.3 Å². The molecule has 1 aromatic rings. The monoisotopic (exact) mass is 257 g/mol.